The van der Waals surface area contributed by atoms with Crippen LogP contribution in [0.2, 0.25) is 0 Å². The van der Waals surface area contributed by atoms with Crippen LogP contribution in [0.5, 0.6) is 0 Å². The number of nitrogens with zero attached hydrogens (tertiary/aromatic N) is 1. The zero-order valence-corrected chi connectivity index (χ0v) is 15.1. The molecule has 1 aliphatic rings. The number of ether oxygens (including phenoxy) is 1. The third kappa shape index (κ3) is 3.94. The van der Waals surface area contributed by atoms with Gasteiger partial charge in [0.15, 0.2) is 0 Å². The van der Waals surface area contributed by atoms with E-state index in [0.717, 1.165) is 18.2 Å². The molecule has 144 valence electrons. The number of carbonyl (C=O) groups excluding carboxylic acids is 3. The van der Waals surface area contributed by atoms with Crippen LogP contribution in [0.4, 0.5) is 23.7 Å². The molecule has 1 aliphatic heterocycles. The summed E-state index contributed by atoms with van der Waals surface area (Å²) in [5, 5.41) is -0.693. The molecule has 0 unspecified atom stereocenters. The van der Waals surface area contributed by atoms with Gasteiger partial charge in [0, 0.05) is 0 Å². The van der Waals surface area contributed by atoms with Gasteiger partial charge in [0.1, 0.15) is 0 Å². The van der Waals surface area contributed by atoms with Crippen molar-refractivity contribution >= 4 is 40.6 Å². The molecular weight excluding hydrogens is 395 g/mol. The molecule has 2 amide bonds. The van der Waals surface area contributed by atoms with Gasteiger partial charge in [0.2, 0.25) is 0 Å². The highest BCUT2D eigenvalue weighted by Crippen LogP contribution is 2.38. The van der Waals surface area contributed by atoms with E-state index in [4.69, 9.17) is 0 Å². The second kappa shape index (κ2) is 7.51. The van der Waals surface area contributed by atoms with E-state index >= 15 is 0 Å². The Morgan fingerprint density at radius 2 is 1.79 bits per heavy atom. The minimum absolute atomic E-state index is 0.0632. The highest BCUT2D eigenvalue weighted by molar-refractivity contribution is 8.19. The normalized spacial score (nSPS) is 16.0. The Morgan fingerprint density at radius 1 is 1.11 bits per heavy atom. The van der Waals surface area contributed by atoms with E-state index in [-0.39, 0.29) is 10.6 Å². The van der Waals surface area contributed by atoms with Crippen LogP contribution in [0, 0.1) is 0 Å². The molecule has 0 atom stereocenters. The first kappa shape index (κ1) is 19.7. The molecule has 0 spiro atoms. The molecule has 1 fully saturated rings. The average molecular weight is 407 g/mol. The minimum atomic E-state index is -4.59. The number of halogens is 3. The van der Waals surface area contributed by atoms with Gasteiger partial charge in [-0.2, -0.15) is 13.2 Å². The number of thioether (sulfide) groups is 1. The lowest BCUT2D eigenvalue weighted by atomic mass is 10.1. The van der Waals surface area contributed by atoms with Gasteiger partial charge in [-0.25, -0.2) is 9.69 Å². The summed E-state index contributed by atoms with van der Waals surface area (Å²) in [7, 11) is 1.25. The second-order valence-corrected chi connectivity index (χ2v) is 6.67. The van der Waals surface area contributed by atoms with E-state index in [1.807, 2.05) is 0 Å². The molecule has 2 aromatic carbocycles. The Balaban J connectivity index is 1.88. The summed E-state index contributed by atoms with van der Waals surface area (Å²) in [6.07, 6.45) is -3.16. The van der Waals surface area contributed by atoms with E-state index in [1.165, 1.54) is 31.4 Å². The average Bonchev–Trinajstić information content (AvgIpc) is 2.94. The van der Waals surface area contributed by atoms with Gasteiger partial charge in [-0.3, -0.25) is 9.59 Å². The Hall–Kier alpha value is -3.07. The molecule has 1 saturated heterocycles. The standard InChI is InChI=1S/C19H12F3NO4S/c1-27-17(25)12-7-5-11(6-8-12)9-15-16(24)23(18(26)28-15)14-4-2-3-13(10-14)19(20,21)22/h2-10H,1H3/b15-9-. The molecule has 2 aromatic rings. The molecule has 9 heteroatoms. The van der Waals surface area contributed by atoms with Gasteiger partial charge in [-0.05, 0) is 53.7 Å². The molecular formula is C19H12F3NO4S. The fourth-order valence-corrected chi connectivity index (χ4v) is 3.34. The molecule has 0 N–H and O–H groups in total. The van der Waals surface area contributed by atoms with Crippen molar-refractivity contribution in [2.24, 2.45) is 0 Å². The van der Waals surface area contributed by atoms with Crippen molar-refractivity contribution in [1.29, 1.82) is 0 Å². The van der Waals surface area contributed by atoms with Gasteiger partial charge in [-0.1, -0.05) is 18.2 Å². The number of anilines is 1. The maximum absolute atomic E-state index is 12.9. The van der Waals surface area contributed by atoms with Crippen molar-refractivity contribution in [2.45, 2.75) is 6.18 Å². The van der Waals surface area contributed by atoms with Crippen molar-refractivity contribution < 1.29 is 32.3 Å². The first-order valence-electron chi connectivity index (χ1n) is 7.84. The van der Waals surface area contributed by atoms with Crippen molar-refractivity contribution in [3.05, 3.63) is 70.1 Å². The third-order valence-corrected chi connectivity index (χ3v) is 4.72. The number of imide groups is 1. The summed E-state index contributed by atoms with van der Waals surface area (Å²) in [5.41, 5.74) is -0.243. The minimum Gasteiger partial charge on any atom is -0.465 e. The number of alkyl halides is 3. The van der Waals surface area contributed by atoms with Gasteiger partial charge in [0.25, 0.3) is 11.1 Å². The predicted octanol–water partition coefficient (Wildman–Crippen LogP) is 4.73. The van der Waals surface area contributed by atoms with Crippen LogP contribution in [0.25, 0.3) is 6.08 Å². The summed E-state index contributed by atoms with van der Waals surface area (Å²) in [6, 6.07) is 10.1. The molecule has 0 aromatic heterocycles. The zero-order chi connectivity index (χ0) is 20.5. The van der Waals surface area contributed by atoms with Gasteiger partial charge in [0.05, 0.1) is 28.8 Å². The summed E-state index contributed by atoms with van der Waals surface area (Å²) in [5.74, 6) is -1.23. The largest absolute Gasteiger partial charge is 0.465 e. The van der Waals surface area contributed by atoms with Crippen LogP contribution in [-0.2, 0) is 15.7 Å². The van der Waals surface area contributed by atoms with Gasteiger partial charge >= 0.3 is 12.1 Å². The molecule has 0 aliphatic carbocycles. The second-order valence-electron chi connectivity index (χ2n) is 5.68. The SMILES string of the molecule is COC(=O)c1ccc(/C=C2\SC(=O)N(c3cccc(C(F)(F)F)c3)C2=O)cc1. The van der Waals surface area contributed by atoms with Crippen molar-refractivity contribution in [3.63, 3.8) is 0 Å². The highest BCUT2D eigenvalue weighted by atomic mass is 32.2. The van der Waals surface area contributed by atoms with Crippen molar-refractivity contribution in [1.82, 2.24) is 0 Å². The summed E-state index contributed by atoms with van der Waals surface area (Å²) in [6.45, 7) is 0. The Kier molecular flexibility index (Phi) is 5.28. The van der Waals surface area contributed by atoms with Gasteiger partial charge < -0.3 is 4.74 Å². The Morgan fingerprint density at radius 3 is 2.39 bits per heavy atom. The van der Waals surface area contributed by atoms with Crippen LogP contribution in [-0.4, -0.2) is 24.2 Å². The smallest absolute Gasteiger partial charge is 0.416 e. The molecule has 0 radical (unpaired) electrons. The first-order valence-corrected chi connectivity index (χ1v) is 8.66. The van der Waals surface area contributed by atoms with Crippen LogP contribution in [0.1, 0.15) is 21.5 Å². The number of amides is 2. The van der Waals surface area contributed by atoms with Crippen LogP contribution < -0.4 is 4.90 Å². The Bertz CT molecular complexity index is 983. The highest BCUT2D eigenvalue weighted by Gasteiger charge is 2.38. The molecule has 0 bridgehead atoms. The summed E-state index contributed by atoms with van der Waals surface area (Å²) in [4.78, 5) is 37.0. The van der Waals surface area contributed by atoms with Crippen LogP contribution in [0.3, 0.4) is 0 Å². The molecule has 1 heterocycles. The van der Waals surface area contributed by atoms with E-state index in [0.29, 0.717) is 27.8 Å². The zero-order valence-electron chi connectivity index (χ0n) is 14.3. The van der Waals surface area contributed by atoms with E-state index in [2.05, 4.69) is 4.74 Å². The molecule has 5 nitrogen and oxygen atoms in total. The van der Waals surface area contributed by atoms with E-state index in [1.54, 1.807) is 12.1 Å². The van der Waals surface area contributed by atoms with Crippen LogP contribution >= 0.6 is 11.8 Å². The van der Waals surface area contributed by atoms with E-state index < -0.39 is 28.9 Å². The predicted molar refractivity (Wildman–Crippen MR) is 97.7 cm³/mol. The molecule has 3 rings (SSSR count). The Labute approximate surface area is 161 Å². The lowest BCUT2D eigenvalue weighted by Crippen LogP contribution is -2.28. The molecule has 0 saturated carbocycles. The first-order chi connectivity index (χ1) is 13.2. The van der Waals surface area contributed by atoms with E-state index in [9.17, 15) is 27.6 Å². The lowest BCUT2D eigenvalue weighted by Gasteiger charge is -2.14. The monoisotopic (exact) mass is 407 g/mol. The van der Waals surface area contributed by atoms with Crippen molar-refractivity contribution in [3.8, 4) is 0 Å². The number of hydrogen-bond donors (Lipinski definition) is 0. The topological polar surface area (TPSA) is 63.7 Å². The maximum Gasteiger partial charge on any atom is 0.416 e. The number of benzene rings is 2. The fourth-order valence-electron chi connectivity index (χ4n) is 2.50. The number of methoxy groups -OCH3 is 1. The number of carbonyl (C=O) groups is 3. The number of esters is 1. The quantitative estimate of drug-likeness (QED) is 0.544. The number of rotatable bonds is 3. The van der Waals surface area contributed by atoms with Crippen molar-refractivity contribution in [2.75, 3.05) is 12.0 Å². The summed E-state index contributed by atoms with van der Waals surface area (Å²) >= 11 is 0.625. The summed E-state index contributed by atoms with van der Waals surface area (Å²) < 4.78 is 43.3. The molecule has 28 heavy (non-hydrogen) atoms. The fraction of sp³-hybridized carbons (Fsp3) is 0.105. The number of hydrogen-bond acceptors (Lipinski definition) is 5. The third-order valence-electron chi connectivity index (χ3n) is 3.85. The van der Waals surface area contributed by atoms with Crippen LogP contribution in [0.15, 0.2) is 53.4 Å². The maximum atomic E-state index is 12.9. The lowest BCUT2D eigenvalue weighted by molar-refractivity contribution is -0.137. The van der Waals surface area contributed by atoms with Gasteiger partial charge in [-0.15, -0.1) is 0 Å².